The van der Waals surface area contributed by atoms with E-state index in [1.54, 1.807) is 36.3 Å². The molecule has 176 valence electrons. The molecule has 1 fully saturated rings. The van der Waals surface area contributed by atoms with E-state index < -0.39 is 10.0 Å². The van der Waals surface area contributed by atoms with Crippen LogP contribution in [-0.4, -0.2) is 90.1 Å². The summed E-state index contributed by atoms with van der Waals surface area (Å²) in [6, 6.07) is 4.93. The SMILES string of the molecule is Cc1ccc(NC(=O)CN2CCN(c3ncnc4c3cnn4C)CC2)cc1S(=O)(=O)N(C)C. The Hall–Kier alpha value is -3.09. The molecule has 1 aromatic carbocycles. The fourth-order valence-corrected chi connectivity index (χ4v) is 5.02. The maximum absolute atomic E-state index is 12.6. The number of hydrogen-bond acceptors (Lipinski definition) is 8. The third-order valence-corrected chi connectivity index (χ3v) is 7.74. The fourth-order valence-electron chi connectivity index (χ4n) is 3.88. The van der Waals surface area contributed by atoms with Crippen molar-refractivity contribution in [2.45, 2.75) is 11.8 Å². The minimum Gasteiger partial charge on any atom is -0.353 e. The molecule has 3 aromatic rings. The lowest BCUT2D eigenvalue weighted by Gasteiger charge is -2.35. The van der Waals surface area contributed by atoms with Gasteiger partial charge in [-0.15, -0.1) is 0 Å². The number of anilines is 2. The summed E-state index contributed by atoms with van der Waals surface area (Å²) in [5.41, 5.74) is 1.88. The Morgan fingerprint density at radius 1 is 1.15 bits per heavy atom. The summed E-state index contributed by atoms with van der Waals surface area (Å²) < 4.78 is 27.9. The lowest BCUT2D eigenvalue weighted by atomic mass is 10.2. The summed E-state index contributed by atoms with van der Waals surface area (Å²) in [6.45, 7) is 4.82. The summed E-state index contributed by atoms with van der Waals surface area (Å²) in [5, 5.41) is 8.01. The molecule has 0 aliphatic carbocycles. The number of aryl methyl sites for hydroxylation is 2. The molecule has 1 amide bonds. The largest absolute Gasteiger partial charge is 0.353 e. The standard InChI is InChI=1S/C21H28N8O3S/c1-15-5-6-16(11-18(15)33(31,32)26(2)3)25-19(30)13-28-7-9-29(10-8-28)21-17-12-24-27(4)20(17)22-14-23-21/h5-6,11-12,14H,7-10,13H2,1-4H3,(H,25,30). The number of nitrogens with zero attached hydrogens (tertiary/aromatic N) is 7. The molecule has 0 bridgehead atoms. The Morgan fingerprint density at radius 3 is 2.58 bits per heavy atom. The van der Waals surface area contributed by atoms with Crippen LogP contribution in [0, 0.1) is 6.92 Å². The van der Waals surface area contributed by atoms with Crippen molar-refractivity contribution in [1.82, 2.24) is 29.0 Å². The van der Waals surface area contributed by atoms with Gasteiger partial charge in [-0.2, -0.15) is 5.10 Å². The molecule has 1 aliphatic rings. The average Bonchev–Trinajstić information content (AvgIpc) is 3.16. The molecule has 4 rings (SSSR count). The van der Waals surface area contributed by atoms with Crippen molar-refractivity contribution < 1.29 is 13.2 Å². The van der Waals surface area contributed by atoms with E-state index in [4.69, 9.17) is 0 Å². The van der Waals surface area contributed by atoms with Crippen LogP contribution in [0.15, 0.2) is 35.6 Å². The van der Waals surface area contributed by atoms with Gasteiger partial charge >= 0.3 is 0 Å². The van der Waals surface area contributed by atoms with Gasteiger partial charge in [-0.25, -0.2) is 22.7 Å². The summed E-state index contributed by atoms with van der Waals surface area (Å²) >= 11 is 0. The lowest BCUT2D eigenvalue weighted by molar-refractivity contribution is -0.117. The molecule has 12 heteroatoms. The van der Waals surface area contributed by atoms with Crippen molar-refractivity contribution in [2.24, 2.45) is 7.05 Å². The van der Waals surface area contributed by atoms with Crippen LogP contribution in [0.25, 0.3) is 11.0 Å². The van der Waals surface area contributed by atoms with Crippen LogP contribution in [0.3, 0.4) is 0 Å². The van der Waals surface area contributed by atoms with Crippen LogP contribution in [0.5, 0.6) is 0 Å². The molecule has 1 aliphatic heterocycles. The van der Waals surface area contributed by atoms with E-state index in [9.17, 15) is 13.2 Å². The summed E-state index contributed by atoms with van der Waals surface area (Å²) in [7, 11) is 1.23. The topological polar surface area (TPSA) is 117 Å². The Bertz CT molecular complexity index is 1280. The summed E-state index contributed by atoms with van der Waals surface area (Å²) in [4.78, 5) is 25.8. The zero-order chi connectivity index (χ0) is 23.8. The molecule has 0 saturated carbocycles. The number of carbonyl (C=O) groups is 1. The van der Waals surface area contributed by atoms with Gasteiger partial charge in [0.25, 0.3) is 0 Å². The third-order valence-electron chi connectivity index (χ3n) is 5.78. The lowest BCUT2D eigenvalue weighted by Crippen LogP contribution is -2.49. The van der Waals surface area contributed by atoms with Crippen LogP contribution in [0.1, 0.15) is 5.56 Å². The summed E-state index contributed by atoms with van der Waals surface area (Å²) in [6.07, 6.45) is 3.32. The number of piperazine rings is 1. The predicted octanol–water partition coefficient (Wildman–Crippen LogP) is 0.683. The van der Waals surface area contributed by atoms with Gasteiger partial charge in [0.05, 0.1) is 23.0 Å². The van der Waals surface area contributed by atoms with E-state index >= 15 is 0 Å². The highest BCUT2D eigenvalue weighted by molar-refractivity contribution is 7.89. The van der Waals surface area contributed by atoms with E-state index in [0.717, 1.165) is 34.2 Å². The molecule has 0 radical (unpaired) electrons. The average molecular weight is 473 g/mol. The van der Waals surface area contributed by atoms with Gasteiger partial charge in [-0.05, 0) is 24.6 Å². The van der Waals surface area contributed by atoms with Gasteiger partial charge in [-0.1, -0.05) is 6.07 Å². The second-order valence-electron chi connectivity index (χ2n) is 8.28. The van der Waals surface area contributed by atoms with Gasteiger partial charge in [0.2, 0.25) is 15.9 Å². The maximum atomic E-state index is 12.6. The number of amides is 1. The molecule has 11 nitrogen and oxygen atoms in total. The van der Waals surface area contributed by atoms with Crippen molar-refractivity contribution in [1.29, 1.82) is 0 Å². The van der Waals surface area contributed by atoms with Crippen LogP contribution < -0.4 is 10.2 Å². The Kier molecular flexibility index (Phi) is 6.32. The molecule has 0 atom stereocenters. The second kappa shape index (κ2) is 9.04. The first-order valence-corrected chi connectivity index (χ1v) is 12.0. The molecule has 3 heterocycles. The van der Waals surface area contributed by atoms with Crippen LogP contribution in [0.2, 0.25) is 0 Å². The molecular weight excluding hydrogens is 444 g/mol. The number of benzene rings is 1. The highest BCUT2D eigenvalue weighted by atomic mass is 32.2. The number of aromatic nitrogens is 4. The number of fused-ring (bicyclic) bond motifs is 1. The number of carbonyl (C=O) groups excluding carboxylic acids is 1. The number of nitrogens with one attached hydrogen (secondary N) is 1. The zero-order valence-electron chi connectivity index (χ0n) is 19.2. The number of hydrogen-bond donors (Lipinski definition) is 1. The highest BCUT2D eigenvalue weighted by Crippen LogP contribution is 2.24. The van der Waals surface area contributed by atoms with Gasteiger partial charge in [-0.3, -0.25) is 14.4 Å². The smallest absolute Gasteiger partial charge is 0.242 e. The van der Waals surface area contributed by atoms with Gasteiger partial charge in [0.15, 0.2) is 5.65 Å². The minimum atomic E-state index is -3.59. The molecule has 0 unspecified atom stereocenters. The monoisotopic (exact) mass is 472 g/mol. The van der Waals surface area contributed by atoms with E-state index in [1.807, 2.05) is 7.05 Å². The molecule has 0 spiro atoms. The quantitative estimate of drug-likeness (QED) is 0.557. The third kappa shape index (κ3) is 4.68. The van der Waals surface area contributed by atoms with Crippen molar-refractivity contribution in [3.05, 3.63) is 36.3 Å². The van der Waals surface area contributed by atoms with Crippen molar-refractivity contribution in [3.63, 3.8) is 0 Å². The van der Waals surface area contributed by atoms with Crippen LogP contribution >= 0.6 is 0 Å². The first-order chi connectivity index (χ1) is 15.7. The maximum Gasteiger partial charge on any atom is 0.242 e. The minimum absolute atomic E-state index is 0.183. The normalized spacial score (nSPS) is 15.4. The Morgan fingerprint density at radius 2 is 1.88 bits per heavy atom. The highest BCUT2D eigenvalue weighted by Gasteiger charge is 2.23. The van der Waals surface area contributed by atoms with Crippen molar-refractivity contribution in [3.8, 4) is 0 Å². The van der Waals surface area contributed by atoms with Crippen molar-refractivity contribution in [2.75, 3.05) is 57.0 Å². The number of rotatable bonds is 6. The molecular formula is C21H28N8O3S. The zero-order valence-corrected chi connectivity index (χ0v) is 20.0. The van der Waals surface area contributed by atoms with Crippen molar-refractivity contribution >= 4 is 38.5 Å². The van der Waals surface area contributed by atoms with E-state index in [0.29, 0.717) is 24.3 Å². The first-order valence-electron chi connectivity index (χ1n) is 10.6. The van der Waals surface area contributed by atoms with E-state index in [2.05, 4.69) is 30.2 Å². The van der Waals surface area contributed by atoms with Crippen LogP contribution in [-0.2, 0) is 21.9 Å². The summed E-state index contributed by atoms with van der Waals surface area (Å²) in [5.74, 6) is 0.670. The molecule has 1 saturated heterocycles. The van der Waals surface area contributed by atoms with Crippen LogP contribution in [0.4, 0.5) is 11.5 Å². The predicted molar refractivity (Wildman–Crippen MR) is 126 cm³/mol. The fraction of sp³-hybridized carbons (Fsp3) is 0.429. The molecule has 1 N–H and O–H groups in total. The van der Waals surface area contributed by atoms with Gasteiger partial charge in [0.1, 0.15) is 12.1 Å². The van der Waals surface area contributed by atoms with Gasteiger partial charge in [0, 0.05) is 53.0 Å². The second-order valence-corrected chi connectivity index (χ2v) is 10.4. The van der Waals surface area contributed by atoms with Gasteiger partial charge < -0.3 is 10.2 Å². The van der Waals surface area contributed by atoms with E-state index in [1.165, 1.54) is 20.2 Å². The molecule has 33 heavy (non-hydrogen) atoms. The Labute approximate surface area is 193 Å². The van der Waals surface area contributed by atoms with E-state index in [-0.39, 0.29) is 17.3 Å². The first kappa shape index (κ1) is 23.1. The molecule has 2 aromatic heterocycles. The number of sulfonamides is 1. The Balaban J connectivity index is 1.37.